The molecular weight excluding hydrogens is 322 g/mol. The Morgan fingerprint density at radius 2 is 2.13 bits per heavy atom. The van der Waals surface area contributed by atoms with E-state index < -0.39 is 27.5 Å². The Bertz CT molecular complexity index is 676. The fourth-order valence-electron chi connectivity index (χ4n) is 2.49. The fraction of sp³-hybridized carbons (Fsp3) is 0.643. The van der Waals surface area contributed by atoms with E-state index in [1.165, 1.54) is 0 Å². The SMILES string of the molecule is Cc1noc(C)c1CS(=O)(=O)CC(=O)N[C@@H]1CCCCNC1=O. The Morgan fingerprint density at radius 1 is 1.39 bits per heavy atom. The van der Waals surface area contributed by atoms with Crippen molar-refractivity contribution in [2.45, 2.75) is 44.9 Å². The van der Waals surface area contributed by atoms with Gasteiger partial charge in [0.1, 0.15) is 17.6 Å². The lowest BCUT2D eigenvalue weighted by molar-refractivity contribution is -0.127. The van der Waals surface area contributed by atoms with Crippen LogP contribution in [0, 0.1) is 13.8 Å². The highest BCUT2D eigenvalue weighted by Crippen LogP contribution is 2.16. The van der Waals surface area contributed by atoms with E-state index in [4.69, 9.17) is 4.52 Å². The summed E-state index contributed by atoms with van der Waals surface area (Å²) >= 11 is 0. The third-order valence-corrected chi connectivity index (χ3v) is 5.20. The van der Waals surface area contributed by atoms with Crippen molar-refractivity contribution in [2.75, 3.05) is 12.3 Å². The molecule has 0 aliphatic carbocycles. The highest BCUT2D eigenvalue weighted by molar-refractivity contribution is 7.91. The number of aryl methyl sites for hydroxylation is 2. The quantitative estimate of drug-likeness (QED) is 0.776. The van der Waals surface area contributed by atoms with E-state index in [1.54, 1.807) is 13.8 Å². The Balaban J connectivity index is 1.97. The van der Waals surface area contributed by atoms with Gasteiger partial charge in [-0.25, -0.2) is 8.42 Å². The van der Waals surface area contributed by atoms with Crippen molar-refractivity contribution < 1.29 is 22.5 Å². The van der Waals surface area contributed by atoms with E-state index in [9.17, 15) is 18.0 Å². The van der Waals surface area contributed by atoms with Gasteiger partial charge in [0, 0.05) is 12.1 Å². The Labute approximate surface area is 134 Å². The van der Waals surface area contributed by atoms with E-state index in [1.807, 2.05) is 0 Å². The predicted molar refractivity (Wildman–Crippen MR) is 82.3 cm³/mol. The average Bonchev–Trinajstić information content (AvgIpc) is 2.64. The van der Waals surface area contributed by atoms with Gasteiger partial charge in [-0.15, -0.1) is 0 Å². The van der Waals surface area contributed by atoms with Gasteiger partial charge in [-0.05, 0) is 33.1 Å². The van der Waals surface area contributed by atoms with Crippen molar-refractivity contribution in [2.24, 2.45) is 0 Å². The lowest BCUT2D eigenvalue weighted by Crippen LogP contribution is -2.47. The van der Waals surface area contributed by atoms with Crippen LogP contribution in [0.4, 0.5) is 0 Å². The normalized spacial score (nSPS) is 19.0. The predicted octanol–water partition coefficient (Wildman–Crippen LogP) is -0.00886. The maximum atomic E-state index is 12.2. The van der Waals surface area contributed by atoms with Gasteiger partial charge >= 0.3 is 0 Å². The van der Waals surface area contributed by atoms with E-state index in [-0.39, 0.29) is 11.7 Å². The third-order valence-electron chi connectivity index (χ3n) is 3.77. The number of rotatable bonds is 5. The molecule has 1 aromatic rings. The van der Waals surface area contributed by atoms with Gasteiger partial charge in [-0.3, -0.25) is 9.59 Å². The first kappa shape index (κ1) is 17.5. The van der Waals surface area contributed by atoms with Crippen molar-refractivity contribution in [3.05, 3.63) is 17.0 Å². The largest absolute Gasteiger partial charge is 0.361 e. The molecule has 128 valence electrons. The zero-order chi connectivity index (χ0) is 17.0. The number of carbonyl (C=O) groups excluding carboxylic acids is 2. The topological polar surface area (TPSA) is 118 Å². The van der Waals surface area contributed by atoms with Gasteiger partial charge in [0.25, 0.3) is 0 Å². The molecule has 2 N–H and O–H groups in total. The number of hydrogen-bond donors (Lipinski definition) is 2. The molecule has 1 atom stereocenters. The zero-order valence-corrected chi connectivity index (χ0v) is 14.0. The molecule has 23 heavy (non-hydrogen) atoms. The van der Waals surface area contributed by atoms with Crippen molar-refractivity contribution in [1.82, 2.24) is 15.8 Å². The van der Waals surface area contributed by atoms with E-state index >= 15 is 0 Å². The van der Waals surface area contributed by atoms with E-state index in [0.29, 0.717) is 30.0 Å². The summed E-state index contributed by atoms with van der Waals surface area (Å²) in [5, 5.41) is 8.90. The molecule has 0 radical (unpaired) electrons. The van der Waals surface area contributed by atoms with Crippen LogP contribution in [0.2, 0.25) is 0 Å². The van der Waals surface area contributed by atoms with Crippen LogP contribution in [0.25, 0.3) is 0 Å². The van der Waals surface area contributed by atoms with Crippen LogP contribution >= 0.6 is 0 Å². The number of hydrogen-bond acceptors (Lipinski definition) is 6. The minimum atomic E-state index is -3.67. The highest BCUT2D eigenvalue weighted by atomic mass is 32.2. The third kappa shape index (κ3) is 4.78. The standard InChI is InChI=1S/C14H21N3O5S/c1-9-11(10(2)22-17-9)7-23(20,21)8-13(18)16-12-5-3-4-6-15-14(12)19/h12H,3-8H2,1-2H3,(H,15,19)(H,16,18)/t12-/m1/s1. The summed E-state index contributed by atoms with van der Waals surface area (Å²) in [6.07, 6.45) is 2.17. The van der Waals surface area contributed by atoms with Gasteiger partial charge < -0.3 is 15.2 Å². The summed E-state index contributed by atoms with van der Waals surface area (Å²) < 4.78 is 29.3. The van der Waals surface area contributed by atoms with Crippen LogP contribution in [-0.4, -0.2) is 43.7 Å². The Hall–Kier alpha value is -1.90. The van der Waals surface area contributed by atoms with Crippen molar-refractivity contribution in [3.8, 4) is 0 Å². The fourth-order valence-corrected chi connectivity index (χ4v) is 3.93. The van der Waals surface area contributed by atoms with Crippen LogP contribution in [-0.2, 0) is 25.2 Å². The van der Waals surface area contributed by atoms with Crippen LogP contribution < -0.4 is 10.6 Å². The molecule has 1 aliphatic rings. The van der Waals surface area contributed by atoms with Crippen molar-refractivity contribution in [1.29, 1.82) is 0 Å². The maximum absolute atomic E-state index is 12.2. The molecule has 8 nitrogen and oxygen atoms in total. The summed E-state index contributed by atoms with van der Waals surface area (Å²) in [7, 11) is -3.67. The van der Waals surface area contributed by atoms with Crippen molar-refractivity contribution in [3.63, 3.8) is 0 Å². The first-order chi connectivity index (χ1) is 10.8. The summed E-state index contributed by atoms with van der Waals surface area (Å²) in [4.78, 5) is 23.7. The first-order valence-corrected chi connectivity index (χ1v) is 9.30. The van der Waals surface area contributed by atoms with Crippen molar-refractivity contribution >= 4 is 21.7 Å². The van der Waals surface area contributed by atoms with Gasteiger partial charge in [-0.1, -0.05) is 5.16 Å². The molecular formula is C14H21N3O5S. The first-order valence-electron chi connectivity index (χ1n) is 7.48. The number of nitrogens with one attached hydrogen (secondary N) is 2. The van der Waals surface area contributed by atoms with E-state index in [0.717, 1.165) is 12.8 Å². The second kappa shape index (κ2) is 7.12. The second-order valence-electron chi connectivity index (χ2n) is 5.74. The minimum Gasteiger partial charge on any atom is -0.361 e. The monoisotopic (exact) mass is 343 g/mol. The molecule has 0 aromatic carbocycles. The number of nitrogens with zero attached hydrogens (tertiary/aromatic N) is 1. The average molecular weight is 343 g/mol. The molecule has 2 heterocycles. The zero-order valence-electron chi connectivity index (χ0n) is 13.2. The molecule has 1 saturated heterocycles. The Morgan fingerprint density at radius 3 is 2.78 bits per heavy atom. The lowest BCUT2D eigenvalue weighted by atomic mass is 10.1. The molecule has 0 unspecified atom stereocenters. The molecule has 0 saturated carbocycles. The van der Waals surface area contributed by atoms with Crippen LogP contribution in [0.5, 0.6) is 0 Å². The Kier molecular flexibility index (Phi) is 5.40. The molecule has 0 bridgehead atoms. The van der Waals surface area contributed by atoms with Crippen LogP contribution in [0.15, 0.2) is 4.52 Å². The lowest BCUT2D eigenvalue weighted by Gasteiger charge is -2.15. The summed E-state index contributed by atoms with van der Waals surface area (Å²) in [5.41, 5.74) is 0.972. The molecule has 1 aromatic heterocycles. The maximum Gasteiger partial charge on any atom is 0.242 e. The smallest absolute Gasteiger partial charge is 0.242 e. The number of sulfone groups is 1. The highest BCUT2D eigenvalue weighted by Gasteiger charge is 2.26. The molecule has 2 rings (SSSR count). The van der Waals surface area contributed by atoms with Gasteiger partial charge in [0.05, 0.1) is 11.4 Å². The van der Waals surface area contributed by atoms with Gasteiger partial charge in [-0.2, -0.15) is 0 Å². The molecule has 1 fully saturated rings. The molecule has 9 heteroatoms. The molecule has 1 aliphatic heterocycles. The molecule has 2 amide bonds. The summed E-state index contributed by atoms with van der Waals surface area (Å²) in [6, 6.07) is -0.667. The number of aromatic nitrogens is 1. The summed E-state index contributed by atoms with van der Waals surface area (Å²) in [6.45, 7) is 3.85. The van der Waals surface area contributed by atoms with Crippen LogP contribution in [0.3, 0.4) is 0 Å². The molecule has 0 spiro atoms. The van der Waals surface area contributed by atoms with Crippen LogP contribution in [0.1, 0.15) is 36.3 Å². The van der Waals surface area contributed by atoms with E-state index in [2.05, 4.69) is 15.8 Å². The number of carbonyl (C=O) groups is 2. The second-order valence-corrected chi connectivity index (χ2v) is 7.81. The minimum absolute atomic E-state index is 0.265. The number of amides is 2. The summed E-state index contributed by atoms with van der Waals surface area (Å²) in [5.74, 6) is -1.48. The van der Waals surface area contributed by atoms with Gasteiger partial charge in [0.15, 0.2) is 9.84 Å². The van der Waals surface area contributed by atoms with Gasteiger partial charge in [0.2, 0.25) is 11.8 Å².